The third kappa shape index (κ3) is 2.93. The average Bonchev–Trinajstić information content (AvgIpc) is 2.15. The van der Waals surface area contributed by atoms with Crippen molar-refractivity contribution in [3.05, 3.63) is 0 Å². The van der Waals surface area contributed by atoms with Gasteiger partial charge in [0.2, 0.25) is 6.41 Å². The predicted octanol–water partition coefficient (Wildman–Crippen LogP) is -0.662. The lowest BCUT2D eigenvalue weighted by Gasteiger charge is -2.31. The number of piperidine rings is 1. The molecule has 0 aromatic carbocycles. The standard InChI is InChI=1S/C8H16N4O/c9-8(10)12-3-1-7(2-4-12)5-11-6-13/h6-7H,1-5H2,(H3,9,10)(H,11,13). The zero-order valence-corrected chi connectivity index (χ0v) is 7.62. The van der Waals surface area contributed by atoms with Crippen molar-refractivity contribution in [2.45, 2.75) is 12.8 Å². The Kier molecular flexibility index (Phi) is 3.54. The third-order valence-electron chi connectivity index (χ3n) is 2.45. The fraction of sp³-hybridized carbons (Fsp3) is 0.750. The van der Waals surface area contributed by atoms with Gasteiger partial charge in [0.15, 0.2) is 5.96 Å². The first-order valence-corrected chi connectivity index (χ1v) is 4.50. The molecule has 0 unspecified atom stereocenters. The number of rotatable bonds is 3. The highest BCUT2D eigenvalue weighted by molar-refractivity contribution is 5.74. The molecule has 0 spiro atoms. The lowest BCUT2D eigenvalue weighted by atomic mass is 9.97. The van der Waals surface area contributed by atoms with Gasteiger partial charge < -0.3 is 16.0 Å². The van der Waals surface area contributed by atoms with Crippen LogP contribution in [0.3, 0.4) is 0 Å². The number of likely N-dealkylation sites (tertiary alicyclic amines) is 1. The number of hydrogen-bond acceptors (Lipinski definition) is 2. The lowest BCUT2D eigenvalue weighted by molar-refractivity contribution is -0.109. The van der Waals surface area contributed by atoms with Gasteiger partial charge in [-0.25, -0.2) is 0 Å². The van der Waals surface area contributed by atoms with Crippen LogP contribution in [0.15, 0.2) is 0 Å². The van der Waals surface area contributed by atoms with Crippen LogP contribution in [0.2, 0.25) is 0 Å². The van der Waals surface area contributed by atoms with Crippen molar-refractivity contribution in [3.63, 3.8) is 0 Å². The summed E-state index contributed by atoms with van der Waals surface area (Å²) in [7, 11) is 0. The zero-order valence-electron chi connectivity index (χ0n) is 7.62. The smallest absolute Gasteiger partial charge is 0.207 e. The molecule has 5 nitrogen and oxygen atoms in total. The Morgan fingerprint density at radius 2 is 2.23 bits per heavy atom. The van der Waals surface area contributed by atoms with Crippen molar-refractivity contribution < 1.29 is 4.79 Å². The minimum atomic E-state index is 0.154. The van der Waals surface area contributed by atoms with E-state index in [1.165, 1.54) is 0 Å². The van der Waals surface area contributed by atoms with Crippen molar-refractivity contribution >= 4 is 12.4 Å². The number of nitrogens with zero attached hydrogens (tertiary/aromatic N) is 1. The molecule has 1 aliphatic heterocycles. The van der Waals surface area contributed by atoms with E-state index in [2.05, 4.69) is 5.32 Å². The molecule has 0 bridgehead atoms. The van der Waals surface area contributed by atoms with Crippen molar-refractivity contribution in [1.29, 1.82) is 5.41 Å². The van der Waals surface area contributed by atoms with Crippen molar-refractivity contribution in [2.75, 3.05) is 19.6 Å². The monoisotopic (exact) mass is 184 g/mol. The van der Waals surface area contributed by atoms with Crippen LogP contribution in [0, 0.1) is 11.3 Å². The summed E-state index contributed by atoms with van der Waals surface area (Å²) in [5, 5.41) is 9.90. The molecular formula is C8H16N4O. The summed E-state index contributed by atoms with van der Waals surface area (Å²) in [4.78, 5) is 11.9. The molecule has 13 heavy (non-hydrogen) atoms. The molecule has 4 N–H and O–H groups in total. The summed E-state index contributed by atoms with van der Waals surface area (Å²) in [6, 6.07) is 0. The zero-order chi connectivity index (χ0) is 9.68. The van der Waals surface area contributed by atoms with Crippen molar-refractivity contribution in [1.82, 2.24) is 10.2 Å². The second-order valence-electron chi connectivity index (χ2n) is 3.34. The number of hydrogen-bond donors (Lipinski definition) is 3. The number of amides is 1. The average molecular weight is 184 g/mol. The Hall–Kier alpha value is -1.26. The van der Waals surface area contributed by atoms with E-state index in [1.807, 2.05) is 4.90 Å². The molecule has 0 atom stereocenters. The molecule has 1 fully saturated rings. The van der Waals surface area contributed by atoms with Gasteiger partial charge in [-0.15, -0.1) is 0 Å². The molecule has 1 aliphatic rings. The first kappa shape index (κ1) is 9.83. The highest BCUT2D eigenvalue weighted by Gasteiger charge is 2.18. The molecule has 5 heteroatoms. The minimum Gasteiger partial charge on any atom is -0.370 e. The SMILES string of the molecule is N=C(N)N1CCC(CNC=O)CC1. The summed E-state index contributed by atoms with van der Waals surface area (Å²) in [5.74, 6) is 0.697. The molecule has 1 amide bonds. The van der Waals surface area contributed by atoms with Crippen molar-refractivity contribution in [2.24, 2.45) is 11.7 Å². The van der Waals surface area contributed by atoms with Gasteiger partial charge in [0.05, 0.1) is 0 Å². The topological polar surface area (TPSA) is 82.2 Å². The quantitative estimate of drug-likeness (QED) is 0.309. The number of carbonyl (C=O) groups is 1. The van der Waals surface area contributed by atoms with Gasteiger partial charge in [0, 0.05) is 19.6 Å². The van der Waals surface area contributed by atoms with Gasteiger partial charge in [-0.3, -0.25) is 10.2 Å². The van der Waals surface area contributed by atoms with Gasteiger partial charge in [-0.05, 0) is 18.8 Å². The van der Waals surface area contributed by atoms with E-state index in [0.717, 1.165) is 38.9 Å². The first-order valence-electron chi connectivity index (χ1n) is 4.50. The fourth-order valence-electron chi connectivity index (χ4n) is 1.59. The first-order chi connectivity index (χ1) is 6.24. The van der Waals surface area contributed by atoms with Gasteiger partial charge in [-0.2, -0.15) is 0 Å². The molecule has 0 aromatic heterocycles. The number of nitrogens with two attached hydrogens (primary N) is 1. The molecule has 0 saturated carbocycles. The minimum absolute atomic E-state index is 0.154. The van der Waals surface area contributed by atoms with E-state index in [-0.39, 0.29) is 5.96 Å². The van der Waals surface area contributed by atoms with Crippen LogP contribution in [0.25, 0.3) is 0 Å². The van der Waals surface area contributed by atoms with Crippen LogP contribution in [0.4, 0.5) is 0 Å². The van der Waals surface area contributed by atoms with Crippen LogP contribution >= 0.6 is 0 Å². The third-order valence-corrected chi connectivity index (χ3v) is 2.45. The molecule has 74 valence electrons. The predicted molar refractivity (Wildman–Crippen MR) is 50.3 cm³/mol. The molecule has 1 saturated heterocycles. The van der Waals surface area contributed by atoms with Gasteiger partial charge in [0.25, 0.3) is 0 Å². The molecule has 0 aliphatic carbocycles. The molecule has 1 rings (SSSR count). The van der Waals surface area contributed by atoms with Crippen LogP contribution in [-0.2, 0) is 4.79 Å². The van der Waals surface area contributed by atoms with Gasteiger partial charge >= 0.3 is 0 Å². The maximum Gasteiger partial charge on any atom is 0.207 e. The Balaban J connectivity index is 2.22. The van der Waals surface area contributed by atoms with E-state index >= 15 is 0 Å². The van der Waals surface area contributed by atoms with Crippen LogP contribution in [0.5, 0.6) is 0 Å². The Bertz CT molecular complexity index is 187. The molecule has 0 aromatic rings. The molecule has 1 heterocycles. The number of nitrogens with one attached hydrogen (secondary N) is 2. The maximum atomic E-state index is 10.0. The highest BCUT2D eigenvalue weighted by Crippen LogP contribution is 2.15. The maximum absolute atomic E-state index is 10.0. The number of carbonyl (C=O) groups excluding carboxylic acids is 1. The van der Waals surface area contributed by atoms with E-state index in [4.69, 9.17) is 11.1 Å². The summed E-state index contributed by atoms with van der Waals surface area (Å²) in [6.07, 6.45) is 2.73. The summed E-state index contributed by atoms with van der Waals surface area (Å²) in [5.41, 5.74) is 5.35. The second kappa shape index (κ2) is 4.69. The van der Waals surface area contributed by atoms with Crippen LogP contribution in [0.1, 0.15) is 12.8 Å². The Morgan fingerprint density at radius 3 is 2.69 bits per heavy atom. The summed E-state index contributed by atoms with van der Waals surface area (Å²) < 4.78 is 0. The van der Waals surface area contributed by atoms with E-state index < -0.39 is 0 Å². The van der Waals surface area contributed by atoms with E-state index in [1.54, 1.807) is 0 Å². The van der Waals surface area contributed by atoms with E-state index in [0.29, 0.717) is 5.92 Å². The second-order valence-corrected chi connectivity index (χ2v) is 3.34. The summed E-state index contributed by atoms with van der Waals surface area (Å²) in [6.45, 7) is 2.41. The Morgan fingerprint density at radius 1 is 1.62 bits per heavy atom. The molecular weight excluding hydrogens is 168 g/mol. The number of guanidine groups is 1. The van der Waals surface area contributed by atoms with Crippen LogP contribution < -0.4 is 11.1 Å². The van der Waals surface area contributed by atoms with Gasteiger partial charge in [-0.1, -0.05) is 0 Å². The molecule has 0 radical (unpaired) electrons. The lowest BCUT2D eigenvalue weighted by Crippen LogP contribution is -2.43. The normalized spacial score (nSPS) is 18.3. The summed E-state index contributed by atoms with van der Waals surface area (Å²) >= 11 is 0. The van der Waals surface area contributed by atoms with E-state index in [9.17, 15) is 4.79 Å². The van der Waals surface area contributed by atoms with Crippen LogP contribution in [-0.4, -0.2) is 36.9 Å². The van der Waals surface area contributed by atoms with Crippen molar-refractivity contribution in [3.8, 4) is 0 Å². The fourth-order valence-corrected chi connectivity index (χ4v) is 1.59. The largest absolute Gasteiger partial charge is 0.370 e. The highest BCUT2D eigenvalue weighted by atomic mass is 16.1. The Labute approximate surface area is 77.8 Å². The van der Waals surface area contributed by atoms with Gasteiger partial charge in [0.1, 0.15) is 0 Å².